The summed E-state index contributed by atoms with van der Waals surface area (Å²) in [6, 6.07) is 32.5. The molecule has 2 atom stereocenters. The number of rotatable bonds is 4. The van der Waals surface area contributed by atoms with Crippen molar-refractivity contribution in [2.45, 2.75) is 24.8 Å². The van der Waals surface area contributed by atoms with Gasteiger partial charge in [-0.1, -0.05) is 91.0 Å². The molecule has 1 saturated carbocycles. The maximum absolute atomic E-state index is 12.7. The number of nitrogens with zero attached hydrogens (tertiary/aromatic N) is 1. The Labute approximate surface area is 173 Å². The maximum atomic E-state index is 12.7. The molecule has 0 amide bonds. The summed E-state index contributed by atoms with van der Waals surface area (Å²) >= 11 is 0. The van der Waals surface area contributed by atoms with E-state index in [-0.39, 0.29) is 11.5 Å². The van der Waals surface area contributed by atoms with Gasteiger partial charge in [-0.15, -0.1) is 0 Å². The third kappa shape index (κ3) is 3.03. The first-order chi connectivity index (χ1) is 14.3. The van der Waals surface area contributed by atoms with Crippen LogP contribution < -0.4 is 0 Å². The van der Waals surface area contributed by atoms with Crippen molar-refractivity contribution in [2.24, 2.45) is 11.8 Å². The van der Waals surface area contributed by atoms with Crippen LogP contribution >= 0.6 is 0 Å². The van der Waals surface area contributed by atoms with Crippen LogP contribution in [0.25, 0.3) is 0 Å². The van der Waals surface area contributed by atoms with Crippen molar-refractivity contribution in [3.05, 3.63) is 108 Å². The summed E-state index contributed by atoms with van der Waals surface area (Å²) in [5.74, 6) is 1.12. The third-order valence-corrected chi connectivity index (χ3v) is 6.90. The van der Waals surface area contributed by atoms with E-state index in [0.29, 0.717) is 11.7 Å². The fraction of sp³-hybridized carbons (Fsp3) is 0.296. The fourth-order valence-electron chi connectivity index (χ4n) is 5.61. The molecule has 1 aliphatic heterocycles. The van der Waals surface area contributed by atoms with Crippen molar-refractivity contribution < 1.29 is 4.79 Å². The second-order valence-electron chi connectivity index (χ2n) is 8.44. The summed E-state index contributed by atoms with van der Waals surface area (Å²) in [6.07, 6.45) is 2.97. The first-order valence-electron chi connectivity index (χ1n) is 10.7. The predicted octanol–water partition coefficient (Wildman–Crippen LogP) is 5.28. The van der Waals surface area contributed by atoms with Crippen LogP contribution in [-0.4, -0.2) is 23.8 Å². The molecule has 3 aromatic rings. The Hall–Kier alpha value is -2.71. The molecule has 146 valence electrons. The second kappa shape index (κ2) is 7.61. The molecule has 2 fully saturated rings. The van der Waals surface area contributed by atoms with Crippen molar-refractivity contribution in [2.75, 3.05) is 13.1 Å². The topological polar surface area (TPSA) is 20.3 Å². The molecule has 29 heavy (non-hydrogen) atoms. The van der Waals surface area contributed by atoms with Crippen LogP contribution in [0.2, 0.25) is 0 Å². The van der Waals surface area contributed by atoms with Gasteiger partial charge in [-0.05, 0) is 35.4 Å². The Bertz CT molecular complexity index is 871. The average Bonchev–Trinajstić information content (AvgIpc) is 3.23. The van der Waals surface area contributed by atoms with Gasteiger partial charge in [0, 0.05) is 25.4 Å². The molecule has 0 radical (unpaired) electrons. The maximum Gasteiger partial charge on any atom is 0.137 e. The summed E-state index contributed by atoms with van der Waals surface area (Å²) < 4.78 is 0. The lowest BCUT2D eigenvalue weighted by molar-refractivity contribution is -0.125. The highest BCUT2D eigenvalue weighted by Crippen LogP contribution is 2.47. The molecule has 0 N–H and O–H groups in total. The van der Waals surface area contributed by atoms with Gasteiger partial charge in [0.25, 0.3) is 0 Å². The van der Waals surface area contributed by atoms with Gasteiger partial charge < -0.3 is 0 Å². The molecule has 0 aromatic heterocycles. The van der Waals surface area contributed by atoms with Gasteiger partial charge in [-0.3, -0.25) is 9.69 Å². The van der Waals surface area contributed by atoms with Crippen LogP contribution in [0.4, 0.5) is 0 Å². The highest BCUT2D eigenvalue weighted by atomic mass is 16.1. The van der Waals surface area contributed by atoms with Crippen LogP contribution in [0.1, 0.15) is 36.0 Å². The standard InChI is InChI=1S/C27H27NO/c29-26-18-10-11-21-19-28(20-25(21)26)27(22-12-4-1-5-13-22,23-14-6-2-7-15-23)24-16-8-3-9-17-24/h1-9,12-17,21,25H,10-11,18-20H2/t21-,25-/m0/s1. The first-order valence-corrected chi connectivity index (χ1v) is 10.7. The van der Waals surface area contributed by atoms with Crippen LogP contribution in [0, 0.1) is 11.8 Å². The van der Waals surface area contributed by atoms with Gasteiger partial charge in [-0.25, -0.2) is 0 Å². The summed E-state index contributed by atoms with van der Waals surface area (Å²) in [5, 5.41) is 0. The van der Waals surface area contributed by atoms with Crippen molar-refractivity contribution in [3.8, 4) is 0 Å². The minimum Gasteiger partial charge on any atom is -0.299 e. The second-order valence-corrected chi connectivity index (χ2v) is 8.44. The van der Waals surface area contributed by atoms with E-state index in [0.717, 1.165) is 25.9 Å². The number of hydrogen-bond donors (Lipinski definition) is 0. The number of carbonyl (C=O) groups is 1. The van der Waals surface area contributed by atoms with Gasteiger partial charge in [0.05, 0.1) is 5.54 Å². The largest absolute Gasteiger partial charge is 0.299 e. The van der Waals surface area contributed by atoms with Crippen LogP contribution in [0.15, 0.2) is 91.0 Å². The zero-order valence-electron chi connectivity index (χ0n) is 16.7. The van der Waals surface area contributed by atoms with E-state index in [1.165, 1.54) is 23.1 Å². The molecule has 5 rings (SSSR count). The number of hydrogen-bond acceptors (Lipinski definition) is 2. The van der Waals surface area contributed by atoms with Crippen LogP contribution in [0.3, 0.4) is 0 Å². The SMILES string of the molecule is O=C1CCC[C@H]2CN(C(c3ccccc3)(c3ccccc3)c3ccccc3)C[C@H]12. The van der Waals surface area contributed by atoms with Crippen molar-refractivity contribution >= 4 is 5.78 Å². The number of Topliss-reactive ketones (excluding diaryl/α,β-unsaturated/α-hetero) is 1. The van der Waals surface area contributed by atoms with Gasteiger partial charge in [0.2, 0.25) is 0 Å². The highest BCUT2D eigenvalue weighted by Gasteiger charge is 2.49. The summed E-state index contributed by atoms with van der Waals surface area (Å²) in [6.45, 7) is 1.80. The van der Waals surface area contributed by atoms with E-state index in [1.54, 1.807) is 0 Å². The van der Waals surface area contributed by atoms with Crippen LogP contribution in [-0.2, 0) is 10.3 Å². The number of fused-ring (bicyclic) bond motifs is 1. The first kappa shape index (κ1) is 18.3. The van der Waals surface area contributed by atoms with Gasteiger partial charge in [0.15, 0.2) is 0 Å². The quantitative estimate of drug-likeness (QED) is 0.573. The average molecular weight is 382 g/mol. The number of benzene rings is 3. The summed E-state index contributed by atoms with van der Waals surface area (Å²) in [7, 11) is 0. The van der Waals surface area contributed by atoms with E-state index in [9.17, 15) is 4.79 Å². The zero-order valence-corrected chi connectivity index (χ0v) is 16.7. The fourth-order valence-corrected chi connectivity index (χ4v) is 5.61. The third-order valence-electron chi connectivity index (χ3n) is 6.90. The van der Waals surface area contributed by atoms with Crippen molar-refractivity contribution in [3.63, 3.8) is 0 Å². The van der Waals surface area contributed by atoms with Gasteiger partial charge >= 0.3 is 0 Å². The molecule has 2 nitrogen and oxygen atoms in total. The van der Waals surface area contributed by atoms with Crippen molar-refractivity contribution in [1.82, 2.24) is 4.90 Å². The van der Waals surface area contributed by atoms with E-state index in [1.807, 2.05) is 0 Å². The molecule has 0 unspecified atom stereocenters. The minimum atomic E-state index is -0.387. The molecular formula is C27H27NO. The molecule has 1 aliphatic carbocycles. The Morgan fingerprint density at radius 2 is 1.17 bits per heavy atom. The van der Waals surface area contributed by atoms with E-state index >= 15 is 0 Å². The van der Waals surface area contributed by atoms with Crippen LogP contribution in [0.5, 0.6) is 0 Å². The lowest BCUT2D eigenvalue weighted by Gasteiger charge is -2.44. The predicted molar refractivity (Wildman–Crippen MR) is 117 cm³/mol. The lowest BCUT2D eigenvalue weighted by Crippen LogP contribution is -2.47. The van der Waals surface area contributed by atoms with Crippen molar-refractivity contribution in [1.29, 1.82) is 0 Å². The Balaban J connectivity index is 1.74. The number of ketones is 1. The normalized spacial score (nSPS) is 22.4. The molecule has 1 saturated heterocycles. The van der Waals surface area contributed by atoms with Gasteiger partial charge in [0.1, 0.15) is 5.78 Å². The molecule has 0 spiro atoms. The Morgan fingerprint density at radius 1 is 0.690 bits per heavy atom. The molecular weight excluding hydrogens is 354 g/mol. The summed E-state index contributed by atoms with van der Waals surface area (Å²) in [4.78, 5) is 15.3. The monoisotopic (exact) mass is 381 g/mol. The molecule has 1 heterocycles. The van der Waals surface area contributed by atoms with E-state index in [2.05, 4.69) is 95.9 Å². The minimum absolute atomic E-state index is 0.180. The molecule has 2 heteroatoms. The zero-order chi connectivity index (χ0) is 19.7. The Morgan fingerprint density at radius 3 is 1.62 bits per heavy atom. The number of likely N-dealkylation sites (tertiary alicyclic amines) is 1. The summed E-state index contributed by atoms with van der Waals surface area (Å²) in [5.41, 5.74) is 3.41. The van der Waals surface area contributed by atoms with E-state index < -0.39 is 0 Å². The smallest absolute Gasteiger partial charge is 0.137 e. The van der Waals surface area contributed by atoms with E-state index in [4.69, 9.17) is 0 Å². The Kier molecular flexibility index (Phi) is 4.81. The highest BCUT2D eigenvalue weighted by molar-refractivity contribution is 5.82. The molecule has 3 aromatic carbocycles. The lowest BCUT2D eigenvalue weighted by atomic mass is 9.75. The molecule has 0 bridgehead atoms. The van der Waals surface area contributed by atoms with Gasteiger partial charge in [-0.2, -0.15) is 0 Å². The molecule has 2 aliphatic rings. The number of carbonyl (C=O) groups excluding carboxylic acids is 1.